The van der Waals surface area contributed by atoms with Crippen LogP contribution in [0, 0.1) is 0 Å². The van der Waals surface area contributed by atoms with Gasteiger partial charge in [0, 0.05) is 43.9 Å². The van der Waals surface area contributed by atoms with Crippen molar-refractivity contribution in [1.29, 1.82) is 0 Å². The maximum atomic E-state index is 12.9. The van der Waals surface area contributed by atoms with Crippen LogP contribution in [-0.2, 0) is 16.1 Å². The van der Waals surface area contributed by atoms with Crippen molar-refractivity contribution < 1.29 is 9.59 Å². The van der Waals surface area contributed by atoms with Gasteiger partial charge < -0.3 is 15.1 Å². The van der Waals surface area contributed by atoms with Gasteiger partial charge in [-0.25, -0.2) is 4.68 Å². The summed E-state index contributed by atoms with van der Waals surface area (Å²) in [6.07, 6.45) is 1.75. The number of aromatic nitrogens is 2. The molecule has 1 aromatic carbocycles. The molecule has 2 amide bonds. The lowest BCUT2D eigenvalue weighted by Crippen LogP contribution is -2.57. The Morgan fingerprint density at radius 2 is 1.93 bits per heavy atom. The average molecular weight is 395 g/mol. The SMILES string of the molecule is O=C(Cn1nc(-c2ccccc2)ccc1=O)N1CCCC(N2CCNCC2=O)C1. The summed E-state index contributed by atoms with van der Waals surface area (Å²) >= 11 is 0. The van der Waals surface area contributed by atoms with Crippen molar-refractivity contribution >= 4 is 11.8 Å². The number of amides is 2. The van der Waals surface area contributed by atoms with Crippen molar-refractivity contribution in [2.24, 2.45) is 0 Å². The summed E-state index contributed by atoms with van der Waals surface area (Å²) in [5, 5.41) is 7.46. The third-order valence-electron chi connectivity index (χ3n) is 5.54. The van der Waals surface area contributed by atoms with Crippen LogP contribution in [0.3, 0.4) is 0 Å². The highest BCUT2D eigenvalue weighted by molar-refractivity contribution is 5.80. The molecular formula is C21H25N5O3. The normalized spacial score (nSPS) is 20.0. The zero-order valence-electron chi connectivity index (χ0n) is 16.3. The topological polar surface area (TPSA) is 87.5 Å². The molecule has 0 radical (unpaired) electrons. The van der Waals surface area contributed by atoms with E-state index in [0.717, 1.165) is 24.9 Å². The number of carbonyl (C=O) groups excluding carboxylic acids is 2. The summed E-state index contributed by atoms with van der Waals surface area (Å²) in [6, 6.07) is 12.7. The second-order valence-electron chi connectivity index (χ2n) is 7.48. The maximum absolute atomic E-state index is 12.9. The monoisotopic (exact) mass is 395 g/mol. The number of nitrogens with zero attached hydrogens (tertiary/aromatic N) is 4. The van der Waals surface area contributed by atoms with Crippen LogP contribution in [-0.4, -0.2) is 70.2 Å². The van der Waals surface area contributed by atoms with E-state index < -0.39 is 0 Å². The van der Waals surface area contributed by atoms with E-state index in [1.807, 2.05) is 35.2 Å². The molecule has 1 N–H and O–H groups in total. The minimum atomic E-state index is -0.302. The standard InChI is InChI=1S/C21H25N5O3/c27-19-9-8-18(16-5-2-1-3-6-16)23-26(19)15-21(29)24-11-4-7-17(14-24)25-12-10-22-13-20(25)28/h1-3,5-6,8-9,17,22H,4,7,10-15H2. The number of rotatable bonds is 4. The molecule has 152 valence electrons. The lowest BCUT2D eigenvalue weighted by atomic mass is 10.0. The molecule has 3 heterocycles. The minimum Gasteiger partial charge on any atom is -0.339 e. The Morgan fingerprint density at radius 3 is 2.72 bits per heavy atom. The highest BCUT2D eigenvalue weighted by Gasteiger charge is 2.31. The van der Waals surface area contributed by atoms with Crippen LogP contribution in [0.4, 0.5) is 0 Å². The number of piperidine rings is 1. The first-order valence-electron chi connectivity index (χ1n) is 10.0. The summed E-state index contributed by atoms with van der Waals surface area (Å²) in [4.78, 5) is 41.0. The van der Waals surface area contributed by atoms with Gasteiger partial charge in [0.2, 0.25) is 11.8 Å². The summed E-state index contributed by atoms with van der Waals surface area (Å²) in [6.45, 7) is 2.87. The molecule has 2 aliphatic rings. The van der Waals surface area contributed by atoms with Gasteiger partial charge in [0.05, 0.1) is 12.2 Å². The number of nitrogens with one attached hydrogen (secondary N) is 1. The van der Waals surface area contributed by atoms with Gasteiger partial charge >= 0.3 is 0 Å². The second-order valence-corrected chi connectivity index (χ2v) is 7.48. The van der Waals surface area contributed by atoms with E-state index >= 15 is 0 Å². The Bertz CT molecular complexity index is 943. The van der Waals surface area contributed by atoms with Crippen LogP contribution < -0.4 is 10.9 Å². The van der Waals surface area contributed by atoms with Gasteiger partial charge in [-0.15, -0.1) is 0 Å². The number of likely N-dealkylation sites (tertiary alicyclic amines) is 1. The second kappa shape index (κ2) is 8.57. The van der Waals surface area contributed by atoms with E-state index in [1.54, 1.807) is 11.0 Å². The van der Waals surface area contributed by atoms with E-state index in [0.29, 0.717) is 31.9 Å². The largest absolute Gasteiger partial charge is 0.339 e. The fourth-order valence-corrected chi connectivity index (χ4v) is 4.00. The highest BCUT2D eigenvalue weighted by Crippen LogP contribution is 2.18. The number of carbonyl (C=O) groups is 2. The van der Waals surface area contributed by atoms with Crippen LogP contribution in [0.5, 0.6) is 0 Å². The van der Waals surface area contributed by atoms with E-state index in [9.17, 15) is 14.4 Å². The predicted octanol–water partition coefficient (Wildman–Crippen LogP) is 0.333. The number of hydrogen-bond acceptors (Lipinski definition) is 5. The molecule has 0 spiro atoms. The van der Waals surface area contributed by atoms with E-state index in [4.69, 9.17) is 0 Å². The van der Waals surface area contributed by atoms with Crippen molar-refractivity contribution in [3.8, 4) is 11.3 Å². The van der Waals surface area contributed by atoms with Gasteiger partial charge in [-0.2, -0.15) is 5.10 Å². The fraction of sp³-hybridized carbons (Fsp3) is 0.429. The van der Waals surface area contributed by atoms with E-state index in [-0.39, 0.29) is 30.0 Å². The summed E-state index contributed by atoms with van der Waals surface area (Å²) in [7, 11) is 0. The Morgan fingerprint density at radius 1 is 1.10 bits per heavy atom. The molecule has 2 aliphatic heterocycles. The third kappa shape index (κ3) is 4.37. The smallest absolute Gasteiger partial charge is 0.267 e. The number of piperazine rings is 1. The van der Waals surface area contributed by atoms with Gasteiger partial charge in [-0.3, -0.25) is 14.4 Å². The molecule has 1 unspecified atom stereocenters. The van der Waals surface area contributed by atoms with Gasteiger partial charge in [0.15, 0.2) is 0 Å². The number of hydrogen-bond donors (Lipinski definition) is 1. The van der Waals surface area contributed by atoms with Gasteiger partial charge in [0.1, 0.15) is 6.54 Å². The summed E-state index contributed by atoms with van der Waals surface area (Å²) < 4.78 is 1.23. The molecule has 1 atom stereocenters. The molecule has 0 aliphatic carbocycles. The van der Waals surface area contributed by atoms with Gasteiger partial charge in [-0.1, -0.05) is 30.3 Å². The zero-order valence-corrected chi connectivity index (χ0v) is 16.3. The van der Waals surface area contributed by atoms with Crippen LogP contribution in [0.15, 0.2) is 47.3 Å². The molecule has 1 aromatic heterocycles. The summed E-state index contributed by atoms with van der Waals surface area (Å²) in [5.41, 5.74) is 1.24. The molecular weight excluding hydrogens is 370 g/mol. The molecule has 8 nitrogen and oxygen atoms in total. The molecule has 29 heavy (non-hydrogen) atoms. The maximum Gasteiger partial charge on any atom is 0.267 e. The molecule has 2 fully saturated rings. The quantitative estimate of drug-likeness (QED) is 0.806. The van der Waals surface area contributed by atoms with Crippen molar-refractivity contribution in [2.45, 2.75) is 25.4 Å². The van der Waals surface area contributed by atoms with Crippen LogP contribution in [0.1, 0.15) is 12.8 Å². The van der Waals surface area contributed by atoms with E-state index in [1.165, 1.54) is 10.7 Å². The Balaban J connectivity index is 1.46. The van der Waals surface area contributed by atoms with Crippen molar-refractivity contribution in [2.75, 3.05) is 32.7 Å². The molecule has 2 saturated heterocycles. The van der Waals surface area contributed by atoms with Gasteiger partial charge in [-0.05, 0) is 18.9 Å². The average Bonchev–Trinajstić information content (AvgIpc) is 2.76. The Hall–Kier alpha value is -3.00. The molecule has 2 aromatic rings. The molecule has 8 heteroatoms. The van der Waals surface area contributed by atoms with Gasteiger partial charge in [0.25, 0.3) is 5.56 Å². The Kier molecular flexibility index (Phi) is 5.71. The number of benzene rings is 1. The lowest BCUT2D eigenvalue weighted by Gasteiger charge is -2.41. The molecule has 0 saturated carbocycles. The van der Waals surface area contributed by atoms with Crippen LogP contribution in [0.2, 0.25) is 0 Å². The molecule has 0 bridgehead atoms. The first-order chi connectivity index (χ1) is 14.1. The van der Waals surface area contributed by atoms with Crippen LogP contribution in [0.25, 0.3) is 11.3 Å². The van der Waals surface area contributed by atoms with Crippen LogP contribution >= 0.6 is 0 Å². The van der Waals surface area contributed by atoms with Crippen molar-refractivity contribution in [3.63, 3.8) is 0 Å². The first-order valence-corrected chi connectivity index (χ1v) is 10.0. The predicted molar refractivity (Wildman–Crippen MR) is 108 cm³/mol. The third-order valence-corrected chi connectivity index (χ3v) is 5.54. The fourth-order valence-electron chi connectivity index (χ4n) is 4.00. The zero-order chi connectivity index (χ0) is 20.2. The summed E-state index contributed by atoms with van der Waals surface area (Å²) in [5.74, 6) is -0.0545. The lowest BCUT2D eigenvalue weighted by molar-refractivity contribution is -0.140. The Labute approximate surface area is 169 Å². The van der Waals surface area contributed by atoms with Crippen molar-refractivity contribution in [3.05, 3.63) is 52.8 Å². The van der Waals surface area contributed by atoms with E-state index in [2.05, 4.69) is 10.4 Å². The minimum absolute atomic E-state index is 0.0441. The first kappa shape index (κ1) is 19.3. The molecule has 4 rings (SSSR count). The van der Waals surface area contributed by atoms with Crippen molar-refractivity contribution in [1.82, 2.24) is 24.9 Å². The highest BCUT2D eigenvalue weighted by atomic mass is 16.2.